The lowest BCUT2D eigenvalue weighted by Gasteiger charge is -2.34. The van der Waals surface area contributed by atoms with E-state index in [-0.39, 0.29) is 5.82 Å². The number of fused-ring (bicyclic) bond motifs is 1. The molecule has 146 valence electrons. The topological polar surface area (TPSA) is 69.7 Å². The Bertz CT molecular complexity index is 1100. The second-order valence-electron chi connectivity index (χ2n) is 7.33. The SMILES string of the molecule is Fc1ccc(NC2CCN(c3ncnc4ccc(-c5cn[nH]c5)cc34)CC2)cc1. The third kappa shape index (κ3) is 3.63. The van der Waals surface area contributed by atoms with Crippen molar-refractivity contribution < 1.29 is 4.39 Å². The molecule has 29 heavy (non-hydrogen) atoms. The van der Waals surface area contributed by atoms with Crippen molar-refractivity contribution in [1.29, 1.82) is 0 Å². The van der Waals surface area contributed by atoms with Crippen molar-refractivity contribution in [2.45, 2.75) is 18.9 Å². The van der Waals surface area contributed by atoms with Crippen LogP contribution in [-0.2, 0) is 0 Å². The Hall–Kier alpha value is -3.48. The first-order valence-corrected chi connectivity index (χ1v) is 9.77. The van der Waals surface area contributed by atoms with Crippen LogP contribution in [0.25, 0.3) is 22.0 Å². The lowest BCUT2D eigenvalue weighted by atomic mass is 10.0. The van der Waals surface area contributed by atoms with Gasteiger partial charge in [-0.15, -0.1) is 0 Å². The molecule has 2 aromatic heterocycles. The number of aromatic nitrogens is 4. The number of hydrogen-bond acceptors (Lipinski definition) is 5. The molecule has 3 heterocycles. The Balaban J connectivity index is 1.35. The predicted octanol–water partition coefficient (Wildman–Crippen LogP) is 4.24. The zero-order valence-corrected chi connectivity index (χ0v) is 15.8. The maximum atomic E-state index is 13.1. The summed E-state index contributed by atoms with van der Waals surface area (Å²) >= 11 is 0. The largest absolute Gasteiger partial charge is 0.382 e. The summed E-state index contributed by atoms with van der Waals surface area (Å²) in [6.45, 7) is 1.81. The minimum absolute atomic E-state index is 0.212. The molecular weight excluding hydrogens is 367 g/mol. The van der Waals surface area contributed by atoms with Gasteiger partial charge in [-0.1, -0.05) is 6.07 Å². The molecule has 0 unspecified atom stereocenters. The fourth-order valence-electron chi connectivity index (χ4n) is 3.90. The number of hydrogen-bond donors (Lipinski definition) is 2. The molecule has 0 atom stereocenters. The number of aromatic amines is 1. The molecule has 0 aliphatic carbocycles. The van der Waals surface area contributed by atoms with E-state index in [0.717, 1.165) is 59.5 Å². The van der Waals surface area contributed by atoms with Crippen molar-refractivity contribution in [3.05, 3.63) is 67.0 Å². The Kier molecular flexibility index (Phi) is 4.56. The average molecular weight is 388 g/mol. The van der Waals surface area contributed by atoms with Gasteiger partial charge in [-0.3, -0.25) is 5.10 Å². The normalized spacial score (nSPS) is 15.0. The van der Waals surface area contributed by atoms with Gasteiger partial charge in [-0.2, -0.15) is 5.10 Å². The maximum absolute atomic E-state index is 13.1. The Morgan fingerprint density at radius 2 is 1.83 bits per heavy atom. The monoisotopic (exact) mass is 388 g/mol. The molecule has 2 aromatic carbocycles. The van der Waals surface area contributed by atoms with Crippen molar-refractivity contribution in [1.82, 2.24) is 20.2 Å². The molecular formula is C22H21FN6. The van der Waals surface area contributed by atoms with E-state index in [4.69, 9.17) is 0 Å². The molecule has 0 bridgehead atoms. The van der Waals surface area contributed by atoms with Crippen LogP contribution in [0.5, 0.6) is 0 Å². The van der Waals surface area contributed by atoms with Crippen LogP contribution in [0.2, 0.25) is 0 Å². The summed E-state index contributed by atoms with van der Waals surface area (Å²) in [7, 11) is 0. The van der Waals surface area contributed by atoms with E-state index < -0.39 is 0 Å². The van der Waals surface area contributed by atoms with Crippen molar-refractivity contribution >= 4 is 22.4 Å². The van der Waals surface area contributed by atoms with E-state index in [1.807, 2.05) is 18.5 Å². The minimum atomic E-state index is -0.212. The highest BCUT2D eigenvalue weighted by molar-refractivity contribution is 5.92. The van der Waals surface area contributed by atoms with Crippen LogP contribution >= 0.6 is 0 Å². The minimum Gasteiger partial charge on any atom is -0.382 e. The third-order valence-corrected chi connectivity index (χ3v) is 5.46. The van der Waals surface area contributed by atoms with Gasteiger partial charge < -0.3 is 10.2 Å². The molecule has 1 aliphatic rings. The van der Waals surface area contributed by atoms with Crippen LogP contribution in [0, 0.1) is 5.82 Å². The van der Waals surface area contributed by atoms with Gasteiger partial charge in [0.15, 0.2) is 0 Å². The van der Waals surface area contributed by atoms with E-state index >= 15 is 0 Å². The summed E-state index contributed by atoms with van der Waals surface area (Å²) in [4.78, 5) is 11.4. The highest BCUT2D eigenvalue weighted by atomic mass is 19.1. The van der Waals surface area contributed by atoms with Crippen LogP contribution in [0.3, 0.4) is 0 Å². The van der Waals surface area contributed by atoms with Gasteiger partial charge in [-0.05, 0) is 54.8 Å². The number of piperidine rings is 1. The first kappa shape index (κ1) is 17.6. The molecule has 7 heteroatoms. The number of nitrogens with one attached hydrogen (secondary N) is 2. The summed E-state index contributed by atoms with van der Waals surface area (Å²) in [6.07, 6.45) is 7.32. The first-order valence-electron chi connectivity index (χ1n) is 9.77. The van der Waals surface area contributed by atoms with Gasteiger partial charge in [0, 0.05) is 42.0 Å². The van der Waals surface area contributed by atoms with Crippen molar-refractivity contribution in [3.63, 3.8) is 0 Å². The molecule has 0 amide bonds. The molecule has 1 saturated heterocycles. The highest BCUT2D eigenvalue weighted by Crippen LogP contribution is 2.30. The summed E-state index contributed by atoms with van der Waals surface area (Å²) < 4.78 is 13.1. The van der Waals surface area contributed by atoms with Crippen LogP contribution in [0.15, 0.2) is 61.2 Å². The van der Waals surface area contributed by atoms with Crippen LogP contribution in [0.1, 0.15) is 12.8 Å². The van der Waals surface area contributed by atoms with E-state index in [9.17, 15) is 4.39 Å². The second-order valence-corrected chi connectivity index (χ2v) is 7.33. The van der Waals surface area contributed by atoms with Gasteiger partial charge in [0.2, 0.25) is 0 Å². The van der Waals surface area contributed by atoms with Crippen molar-refractivity contribution in [2.24, 2.45) is 0 Å². The lowest BCUT2D eigenvalue weighted by molar-refractivity contribution is 0.524. The fraction of sp³-hybridized carbons (Fsp3) is 0.227. The van der Waals surface area contributed by atoms with Crippen molar-refractivity contribution in [3.8, 4) is 11.1 Å². The smallest absolute Gasteiger partial charge is 0.139 e. The summed E-state index contributed by atoms with van der Waals surface area (Å²) in [6, 6.07) is 13.1. The summed E-state index contributed by atoms with van der Waals surface area (Å²) in [5, 5.41) is 11.5. The van der Waals surface area contributed by atoms with Crippen molar-refractivity contribution in [2.75, 3.05) is 23.3 Å². The Morgan fingerprint density at radius 3 is 2.59 bits per heavy atom. The average Bonchev–Trinajstić information content (AvgIpc) is 3.30. The second kappa shape index (κ2) is 7.50. The third-order valence-electron chi connectivity index (χ3n) is 5.46. The van der Waals surface area contributed by atoms with E-state index in [1.165, 1.54) is 12.1 Å². The van der Waals surface area contributed by atoms with Gasteiger partial charge in [0.1, 0.15) is 18.0 Å². The first-order chi connectivity index (χ1) is 14.3. The molecule has 5 rings (SSSR count). The number of H-pyrrole nitrogens is 1. The Labute approximate surface area is 167 Å². The number of anilines is 2. The summed E-state index contributed by atoms with van der Waals surface area (Å²) in [5.74, 6) is 0.761. The zero-order chi connectivity index (χ0) is 19.6. The Morgan fingerprint density at radius 1 is 1.00 bits per heavy atom. The van der Waals surface area contributed by atoms with Crippen LogP contribution in [0.4, 0.5) is 15.9 Å². The van der Waals surface area contributed by atoms with E-state index in [0.29, 0.717) is 6.04 Å². The maximum Gasteiger partial charge on any atom is 0.139 e. The molecule has 4 aromatic rings. The number of benzene rings is 2. The van der Waals surface area contributed by atoms with Gasteiger partial charge in [0.05, 0.1) is 11.7 Å². The van der Waals surface area contributed by atoms with Gasteiger partial charge in [0.25, 0.3) is 0 Å². The molecule has 0 radical (unpaired) electrons. The highest BCUT2D eigenvalue weighted by Gasteiger charge is 2.22. The van der Waals surface area contributed by atoms with Crippen LogP contribution < -0.4 is 10.2 Å². The molecule has 1 fully saturated rings. The summed E-state index contributed by atoms with van der Waals surface area (Å²) in [5.41, 5.74) is 4.04. The fourth-order valence-corrected chi connectivity index (χ4v) is 3.90. The molecule has 1 aliphatic heterocycles. The molecule has 6 nitrogen and oxygen atoms in total. The number of nitrogens with zero attached hydrogens (tertiary/aromatic N) is 4. The lowest BCUT2D eigenvalue weighted by Crippen LogP contribution is -2.39. The molecule has 0 spiro atoms. The molecule has 2 N–H and O–H groups in total. The standard InChI is InChI=1S/C22H21FN6/c23-17-2-4-18(5-3-17)28-19-7-9-29(10-8-19)22-20-11-15(16-12-26-27-13-16)1-6-21(20)24-14-25-22/h1-6,11-14,19,28H,7-10H2,(H,26,27). The number of rotatable bonds is 4. The van der Waals surface area contributed by atoms with Gasteiger partial charge in [-0.25, -0.2) is 14.4 Å². The van der Waals surface area contributed by atoms with Crippen LogP contribution in [-0.4, -0.2) is 39.3 Å². The molecule has 0 saturated carbocycles. The predicted molar refractivity (Wildman–Crippen MR) is 112 cm³/mol. The zero-order valence-electron chi connectivity index (χ0n) is 15.8. The van der Waals surface area contributed by atoms with E-state index in [1.54, 1.807) is 18.5 Å². The van der Waals surface area contributed by atoms with Gasteiger partial charge >= 0.3 is 0 Å². The van der Waals surface area contributed by atoms with E-state index in [2.05, 4.69) is 42.5 Å². The quantitative estimate of drug-likeness (QED) is 0.547. The number of halogens is 1.